The summed E-state index contributed by atoms with van der Waals surface area (Å²) in [6, 6.07) is 0. The van der Waals surface area contributed by atoms with Crippen LogP contribution in [-0.2, 0) is 4.79 Å². The molecule has 0 bridgehead atoms. The predicted molar refractivity (Wildman–Crippen MR) is 40.8 cm³/mol. The van der Waals surface area contributed by atoms with Crippen molar-refractivity contribution in [1.82, 2.24) is 0 Å². The highest BCUT2D eigenvalue weighted by Crippen LogP contribution is 2.17. The number of carboxylic acids is 1. The Kier molecular flexibility index (Phi) is 2.64. The second-order valence-electron chi connectivity index (χ2n) is 3.50. The van der Waals surface area contributed by atoms with E-state index in [4.69, 9.17) is 5.11 Å². The van der Waals surface area contributed by atoms with Gasteiger partial charge in [0, 0.05) is 5.57 Å². The van der Waals surface area contributed by atoms with Gasteiger partial charge in [-0.3, -0.25) is 0 Å². The van der Waals surface area contributed by atoms with E-state index in [-0.39, 0.29) is 5.41 Å². The Morgan fingerprint density at radius 3 is 1.90 bits per heavy atom. The van der Waals surface area contributed by atoms with Crippen LogP contribution in [0.3, 0.4) is 0 Å². The zero-order valence-electron chi connectivity index (χ0n) is 6.93. The lowest BCUT2D eigenvalue weighted by Gasteiger charge is -2.11. The van der Waals surface area contributed by atoms with Crippen molar-refractivity contribution >= 4 is 5.97 Å². The molecule has 2 heteroatoms. The van der Waals surface area contributed by atoms with Crippen LogP contribution in [0.4, 0.5) is 0 Å². The average Bonchev–Trinajstić information content (AvgIpc) is 1.60. The molecule has 10 heavy (non-hydrogen) atoms. The minimum atomic E-state index is -0.838. The molecule has 0 saturated heterocycles. The summed E-state index contributed by atoms with van der Waals surface area (Å²) >= 11 is 0. The van der Waals surface area contributed by atoms with E-state index in [9.17, 15) is 4.79 Å². The summed E-state index contributed by atoms with van der Waals surface area (Å²) in [7, 11) is 0. The highest BCUT2D eigenvalue weighted by molar-refractivity contribution is 5.85. The lowest BCUT2D eigenvalue weighted by molar-refractivity contribution is -0.132. The van der Waals surface area contributed by atoms with Gasteiger partial charge in [0.05, 0.1) is 0 Å². The molecule has 0 aromatic rings. The molecule has 1 N–H and O–H groups in total. The molecule has 0 aliphatic heterocycles. The molecule has 0 aliphatic rings. The van der Waals surface area contributed by atoms with Crippen molar-refractivity contribution in [2.75, 3.05) is 0 Å². The third-order valence-electron chi connectivity index (χ3n) is 0.987. The van der Waals surface area contributed by atoms with E-state index in [0.29, 0.717) is 5.57 Å². The average molecular weight is 142 g/mol. The lowest BCUT2D eigenvalue weighted by Crippen LogP contribution is -2.05. The first kappa shape index (κ1) is 9.21. The van der Waals surface area contributed by atoms with E-state index >= 15 is 0 Å². The molecule has 0 aliphatic carbocycles. The van der Waals surface area contributed by atoms with Crippen LogP contribution in [0, 0.1) is 5.41 Å². The number of rotatable bonds is 1. The Balaban J connectivity index is 4.32. The van der Waals surface area contributed by atoms with Gasteiger partial charge >= 0.3 is 5.97 Å². The van der Waals surface area contributed by atoms with Gasteiger partial charge in [-0.2, -0.15) is 0 Å². The van der Waals surface area contributed by atoms with Crippen LogP contribution in [0.2, 0.25) is 0 Å². The molecule has 2 nitrogen and oxygen atoms in total. The number of hydrogen-bond donors (Lipinski definition) is 1. The molecule has 0 saturated carbocycles. The van der Waals surface area contributed by atoms with Crippen LogP contribution in [0.1, 0.15) is 27.7 Å². The highest BCUT2D eigenvalue weighted by atomic mass is 16.4. The van der Waals surface area contributed by atoms with Gasteiger partial charge in [-0.25, -0.2) is 4.79 Å². The van der Waals surface area contributed by atoms with Crippen molar-refractivity contribution in [3.05, 3.63) is 11.6 Å². The van der Waals surface area contributed by atoms with E-state index in [0.717, 1.165) is 0 Å². The summed E-state index contributed by atoms with van der Waals surface area (Å²) in [5, 5.41) is 8.48. The zero-order chi connectivity index (χ0) is 8.36. The molecule has 58 valence electrons. The van der Waals surface area contributed by atoms with Crippen molar-refractivity contribution in [1.29, 1.82) is 0 Å². The summed E-state index contributed by atoms with van der Waals surface area (Å²) in [6.45, 7) is 7.52. The van der Waals surface area contributed by atoms with Gasteiger partial charge in [0.2, 0.25) is 0 Å². The standard InChI is InChI=1S/C8H14O2/c1-6(7(9)10)5-8(2,3)4/h5H,1-4H3,(H,9,10). The van der Waals surface area contributed by atoms with E-state index < -0.39 is 5.97 Å². The van der Waals surface area contributed by atoms with Gasteiger partial charge in [0.15, 0.2) is 0 Å². The minimum absolute atomic E-state index is 0.0392. The van der Waals surface area contributed by atoms with E-state index in [1.165, 1.54) is 0 Å². The Hall–Kier alpha value is -0.790. The fraction of sp³-hybridized carbons (Fsp3) is 0.625. The third kappa shape index (κ3) is 4.13. The molecule has 0 rings (SSSR count). The van der Waals surface area contributed by atoms with Gasteiger partial charge in [-0.15, -0.1) is 0 Å². The second kappa shape index (κ2) is 2.86. The first-order chi connectivity index (χ1) is 4.33. The molecule has 0 unspecified atom stereocenters. The number of hydrogen-bond acceptors (Lipinski definition) is 1. The number of carboxylic acid groups (broad SMARTS) is 1. The largest absolute Gasteiger partial charge is 0.478 e. The Morgan fingerprint density at radius 2 is 1.80 bits per heavy atom. The van der Waals surface area contributed by atoms with Gasteiger partial charge in [0.1, 0.15) is 0 Å². The normalized spacial score (nSPS) is 13.4. The van der Waals surface area contributed by atoms with Crippen LogP contribution in [0.5, 0.6) is 0 Å². The highest BCUT2D eigenvalue weighted by Gasteiger charge is 2.09. The number of carbonyl (C=O) groups is 1. The van der Waals surface area contributed by atoms with Crippen molar-refractivity contribution in [3.8, 4) is 0 Å². The van der Waals surface area contributed by atoms with Crippen molar-refractivity contribution in [2.45, 2.75) is 27.7 Å². The lowest BCUT2D eigenvalue weighted by atomic mass is 9.94. The maximum absolute atomic E-state index is 10.3. The Bertz CT molecular complexity index is 161. The summed E-state index contributed by atoms with van der Waals surface area (Å²) < 4.78 is 0. The molecular formula is C8H14O2. The fourth-order valence-electron chi connectivity index (χ4n) is 0.711. The molecular weight excluding hydrogens is 128 g/mol. The molecule has 0 radical (unpaired) electrons. The van der Waals surface area contributed by atoms with Crippen molar-refractivity contribution in [2.24, 2.45) is 5.41 Å². The maximum Gasteiger partial charge on any atom is 0.330 e. The van der Waals surface area contributed by atoms with Crippen LogP contribution in [0.15, 0.2) is 11.6 Å². The zero-order valence-corrected chi connectivity index (χ0v) is 6.93. The van der Waals surface area contributed by atoms with Gasteiger partial charge in [-0.1, -0.05) is 26.8 Å². The molecule has 0 aromatic heterocycles. The summed E-state index contributed by atoms with van der Waals surface area (Å²) in [5.74, 6) is -0.838. The number of allylic oxidation sites excluding steroid dienone is 1. The topological polar surface area (TPSA) is 37.3 Å². The van der Waals surface area contributed by atoms with E-state index in [1.54, 1.807) is 13.0 Å². The van der Waals surface area contributed by atoms with Gasteiger partial charge < -0.3 is 5.11 Å². The quantitative estimate of drug-likeness (QED) is 0.569. The monoisotopic (exact) mass is 142 g/mol. The first-order valence-electron chi connectivity index (χ1n) is 3.26. The molecule has 0 spiro atoms. The van der Waals surface area contributed by atoms with E-state index in [1.807, 2.05) is 20.8 Å². The minimum Gasteiger partial charge on any atom is -0.478 e. The second-order valence-corrected chi connectivity index (χ2v) is 3.50. The Labute approximate surface area is 61.6 Å². The molecule has 0 fully saturated rings. The van der Waals surface area contributed by atoms with Crippen molar-refractivity contribution in [3.63, 3.8) is 0 Å². The Morgan fingerprint density at radius 1 is 1.40 bits per heavy atom. The van der Waals surface area contributed by atoms with Gasteiger partial charge in [-0.05, 0) is 12.3 Å². The van der Waals surface area contributed by atoms with Crippen molar-refractivity contribution < 1.29 is 9.90 Å². The van der Waals surface area contributed by atoms with Crippen LogP contribution in [0.25, 0.3) is 0 Å². The summed E-state index contributed by atoms with van der Waals surface area (Å²) in [5.41, 5.74) is 0.371. The molecule has 0 aromatic carbocycles. The molecule has 0 heterocycles. The summed E-state index contributed by atoms with van der Waals surface area (Å²) in [4.78, 5) is 10.3. The molecule has 0 atom stereocenters. The van der Waals surface area contributed by atoms with Gasteiger partial charge in [0.25, 0.3) is 0 Å². The van der Waals surface area contributed by atoms with Crippen LogP contribution in [-0.4, -0.2) is 11.1 Å². The SMILES string of the molecule is CC(=CC(C)(C)C)C(=O)O. The molecule has 0 amide bonds. The first-order valence-corrected chi connectivity index (χ1v) is 3.26. The summed E-state index contributed by atoms with van der Waals surface area (Å²) in [6.07, 6.45) is 1.75. The van der Waals surface area contributed by atoms with E-state index in [2.05, 4.69) is 0 Å². The van der Waals surface area contributed by atoms with Crippen LogP contribution < -0.4 is 0 Å². The third-order valence-corrected chi connectivity index (χ3v) is 0.987. The fourth-order valence-corrected chi connectivity index (χ4v) is 0.711. The predicted octanol–water partition coefficient (Wildman–Crippen LogP) is 2.06. The number of aliphatic carboxylic acids is 1. The van der Waals surface area contributed by atoms with Crippen LogP contribution >= 0.6 is 0 Å². The maximum atomic E-state index is 10.3. The smallest absolute Gasteiger partial charge is 0.330 e.